The second-order valence-corrected chi connectivity index (χ2v) is 5.40. The van der Waals surface area contributed by atoms with Gasteiger partial charge in [-0.3, -0.25) is 10.1 Å². The minimum atomic E-state index is -0.370. The van der Waals surface area contributed by atoms with Gasteiger partial charge < -0.3 is 0 Å². The van der Waals surface area contributed by atoms with Crippen molar-refractivity contribution in [2.24, 2.45) is 5.92 Å². The average molecular weight is 286 g/mol. The second-order valence-electron chi connectivity index (χ2n) is 4.22. The summed E-state index contributed by atoms with van der Waals surface area (Å²) in [5, 5.41) is 10.5. The lowest BCUT2D eigenvalue weighted by Crippen LogP contribution is -2.08. The van der Waals surface area contributed by atoms with Crippen molar-refractivity contribution in [3.63, 3.8) is 0 Å². The molecule has 0 heterocycles. The molecule has 16 heavy (non-hydrogen) atoms. The van der Waals surface area contributed by atoms with Crippen molar-refractivity contribution in [3.05, 3.63) is 39.9 Å². The summed E-state index contributed by atoms with van der Waals surface area (Å²) in [4.78, 5) is 10.6. The Bertz CT molecular complexity index is 349. The molecule has 0 saturated carbocycles. The van der Waals surface area contributed by atoms with E-state index in [-0.39, 0.29) is 10.6 Å². The lowest BCUT2D eigenvalue weighted by molar-refractivity contribution is -0.384. The third-order valence-electron chi connectivity index (χ3n) is 2.58. The maximum absolute atomic E-state index is 10.5. The van der Waals surface area contributed by atoms with Crippen molar-refractivity contribution in [2.75, 3.05) is 0 Å². The van der Waals surface area contributed by atoms with Crippen molar-refractivity contribution >= 4 is 21.6 Å². The van der Waals surface area contributed by atoms with Crippen LogP contribution in [0.5, 0.6) is 0 Å². The highest BCUT2D eigenvalue weighted by atomic mass is 79.9. The molecule has 0 fully saturated rings. The number of halogens is 1. The number of aryl methyl sites for hydroxylation is 1. The molecule has 0 aliphatic heterocycles. The summed E-state index contributed by atoms with van der Waals surface area (Å²) in [5.74, 6) is 0.609. The summed E-state index contributed by atoms with van der Waals surface area (Å²) < 4.78 is 0. The first kappa shape index (κ1) is 13.2. The fourth-order valence-electron chi connectivity index (χ4n) is 1.42. The number of rotatable bonds is 5. The van der Waals surface area contributed by atoms with Gasteiger partial charge in [0.25, 0.3) is 5.69 Å². The molecule has 0 aliphatic carbocycles. The van der Waals surface area contributed by atoms with Crippen molar-refractivity contribution in [2.45, 2.75) is 31.5 Å². The number of hydrogen-bond donors (Lipinski definition) is 0. The molecule has 1 atom stereocenters. The molecule has 1 unspecified atom stereocenters. The van der Waals surface area contributed by atoms with Gasteiger partial charge in [-0.05, 0) is 24.3 Å². The Labute approximate surface area is 104 Å². The van der Waals surface area contributed by atoms with Crippen LogP contribution in [0, 0.1) is 16.0 Å². The van der Waals surface area contributed by atoms with E-state index in [9.17, 15) is 10.1 Å². The predicted molar refractivity (Wildman–Crippen MR) is 69.0 cm³/mol. The van der Waals surface area contributed by atoms with E-state index in [2.05, 4.69) is 29.8 Å². The number of hydrogen-bond acceptors (Lipinski definition) is 2. The van der Waals surface area contributed by atoms with E-state index < -0.39 is 0 Å². The molecule has 4 heteroatoms. The van der Waals surface area contributed by atoms with E-state index in [1.165, 1.54) is 0 Å². The lowest BCUT2D eigenvalue weighted by atomic mass is 10.0. The molecule has 0 aromatic heterocycles. The fraction of sp³-hybridized carbons (Fsp3) is 0.500. The molecule has 0 N–H and O–H groups in total. The van der Waals surface area contributed by atoms with Crippen molar-refractivity contribution in [1.29, 1.82) is 0 Å². The van der Waals surface area contributed by atoms with E-state index in [1.807, 2.05) is 12.1 Å². The maximum Gasteiger partial charge on any atom is 0.269 e. The number of nitrogens with zero attached hydrogens (tertiary/aromatic N) is 1. The fourth-order valence-corrected chi connectivity index (χ4v) is 1.65. The largest absolute Gasteiger partial charge is 0.269 e. The molecule has 0 amide bonds. The van der Waals surface area contributed by atoms with Gasteiger partial charge in [-0.1, -0.05) is 41.9 Å². The number of non-ortho nitro benzene ring substituents is 1. The predicted octanol–water partition coefficient (Wildman–Crippen LogP) is 3.95. The molecule has 0 radical (unpaired) electrons. The summed E-state index contributed by atoms with van der Waals surface area (Å²) >= 11 is 3.63. The van der Waals surface area contributed by atoms with Crippen LogP contribution in [0.1, 0.15) is 25.8 Å². The first-order chi connectivity index (χ1) is 7.50. The first-order valence-corrected chi connectivity index (χ1v) is 6.29. The molecule has 3 nitrogen and oxygen atoms in total. The third kappa shape index (κ3) is 3.93. The van der Waals surface area contributed by atoms with Crippen LogP contribution in [0.2, 0.25) is 0 Å². The number of nitro benzene ring substituents is 1. The Kier molecular flexibility index (Phi) is 4.93. The van der Waals surface area contributed by atoms with Crippen LogP contribution >= 0.6 is 15.9 Å². The van der Waals surface area contributed by atoms with Crippen LogP contribution in [0.25, 0.3) is 0 Å². The zero-order valence-corrected chi connectivity index (χ0v) is 11.1. The minimum absolute atomic E-state index is 0.156. The van der Waals surface area contributed by atoms with Crippen LogP contribution in [0.4, 0.5) is 5.69 Å². The molecular formula is C12H16BrNO2. The van der Waals surface area contributed by atoms with Crippen molar-refractivity contribution in [3.8, 4) is 0 Å². The van der Waals surface area contributed by atoms with E-state index in [1.54, 1.807) is 12.1 Å². The highest BCUT2D eigenvalue weighted by molar-refractivity contribution is 9.09. The van der Waals surface area contributed by atoms with Crippen LogP contribution in [-0.2, 0) is 6.42 Å². The molecule has 88 valence electrons. The Morgan fingerprint density at radius 3 is 2.31 bits per heavy atom. The van der Waals surface area contributed by atoms with Gasteiger partial charge in [0.1, 0.15) is 0 Å². The maximum atomic E-state index is 10.5. The second kappa shape index (κ2) is 5.99. The Morgan fingerprint density at radius 1 is 1.31 bits per heavy atom. The smallest absolute Gasteiger partial charge is 0.258 e. The standard InChI is InChI=1S/C12H16BrNO2/c1-9(2)12(13)8-5-10-3-6-11(7-4-10)14(15)16/h3-4,6-7,9,12H,5,8H2,1-2H3. The van der Waals surface area contributed by atoms with Crippen LogP contribution in [0.3, 0.4) is 0 Å². The molecule has 0 aliphatic rings. The molecule has 0 spiro atoms. The average Bonchev–Trinajstić information content (AvgIpc) is 2.26. The molecule has 1 rings (SSSR count). The van der Waals surface area contributed by atoms with Crippen LogP contribution < -0.4 is 0 Å². The minimum Gasteiger partial charge on any atom is -0.258 e. The highest BCUT2D eigenvalue weighted by Gasteiger charge is 2.09. The number of nitro groups is 1. The third-order valence-corrected chi connectivity index (χ3v) is 4.09. The molecule has 0 bridgehead atoms. The van der Waals surface area contributed by atoms with Gasteiger partial charge in [-0.15, -0.1) is 0 Å². The Balaban J connectivity index is 2.53. The number of benzene rings is 1. The topological polar surface area (TPSA) is 43.1 Å². The quantitative estimate of drug-likeness (QED) is 0.467. The first-order valence-electron chi connectivity index (χ1n) is 5.38. The Hall–Kier alpha value is -0.900. The molecule has 1 aromatic rings. The van der Waals surface area contributed by atoms with Gasteiger partial charge in [-0.2, -0.15) is 0 Å². The van der Waals surface area contributed by atoms with Gasteiger partial charge in [0.15, 0.2) is 0 Å². The van der Waals surface area contributed by atoms with Crippen molar-refractivity contribution in [1.82, 2.24) is 0 Å². The summed E-state index contributed by atoms with van der Waals surface area (Å²) in [7, 11) is 0. The normalized spacial score (nSPS) is 12.8. The summed E-state index contributed by atoms with van der Waals surface area (Å²) in [6, 6.07) is 6.79. The summed E-state index contributed by atoms with van der Waals surface area (Å²) in [5.41, 5.74) is 1.30. The van der Waals surface area contributed by atoms with Crippen LogP contribution in [0.15, 0.2) is 24.3 Å². The summed E-state index contributed by atoms with van der Waals surface area (Å²) in [6.07, 6.45) is 2.00. The van der Waals surface area contributed by atoms with Crippen LogP contribution in [-0.4, -0.2) is 9.75 Å². The SMILES string of the molecule is CC(C)C(Br)CCc1ccc([N+](=O)[O-])cc1. The van der Waals surface area contributed by atoms with E-state index in [4.69, 9.17) is 0 Å². The highest BCUT2D eigenvalue weighted by Crippen LogP contribution is 2.19. The van der Waals surface area contributed by atoms with E-state index in [0.29, 0.717) is 10.7 Å². The Morgan fingerprint density at radius 2 is 1.88 bits per heavy atom. The molecule has 0 saturated heterocycles. The zero-order valence-electron chi connectivity index (χ0n) is 9.52. The van der Waals surface area contributed by atoms with Gasteiger partial charge >= 0.3 is 0 Å². The van der Waals surface area contributed by atoms with Gasteiger partial charge in [0.05, 0.1) is 4.92 Å². The van der Waals surface area contributed by atoms with Gasteiger partial charge in [-0.25, -0.2) is 0 Å². The van der Waals surface area contributed by atoms with E-state index in [0.717, 1.165) is 18.4 Å². The zero-order chi connectivity index (χ0) is 12.1. The molecule has 1 aromatic carbocycles. The van der Waals surface area contributed by atoms with Crippen molar-refractivity contribution < 1.29 is 4.92 Å². The van der Waals surface area contributed by atoms with Gasteiger partial charge in [0.2, 0.25) is 0 Å². The monoisotopic (exact) mass is 285 g/mol. The molecular weight excluding hydrogens is 270 g/mol. The van der Waals surface area contributed by atoms with Gasteiger partial charge in [0, 0.05) is 17.0 Å². The summed E-state index contributed by atoms with van der Waals surface area (Å²) in [6.45, 7) is 4.35. The van der Waals surface area contributed by atoms with E-state index >= 15 is 0 Å². The number of alkyl halides is 1. The lowest BCUT2D eigenvalue weighted by Gasteiger charge is -2.12.